The summed E-state index contributed by atoms with van der Waals surface area (Å²) in [5.74, 6) is -0.576. The summed E-state index contributed by atoms with van der Waals surface area (Å²) in [6.07, 6.45) is 0.841. The average molecular weight is 386 g/mol. The first-order chi connectivity index (χ1) is 12.9. The van der Waals surface area contributed by atoms with E-state index in [0.717, 1.165) is 21.7 Å². The normalized spacial score (nSPS) is 11.0. The predicted octanol–water partition coefficient (Wildman–Crippen LogP) is 3.13. The number of fused-ring (bicyclic) bond motifs is 1. The minimum absolute atomic E-state index is 0.0844. The smallest absolute Gasteiger partial charge is 0.259 e. The van der Waals surface area contributed by atoms with E-state index in [0.29, 0.717) is 34.6 Å². The average Bonchev–Trinajstić information content (AvgIpc) is 3.18. The lowest BCUT2D eigenvalue weighted by molar-refractivity contribution is -0.120. The van der Waals surface area contributed by atoms with Crippen LogP contribution in [0.4, 0.5) is 0 Å². The number of hydrogen-bond acceptors (Lipinski definition) is 6. The zero-order valence-electron chi connectivity index (χ0n) is 15.8. The summed E-state index contributed by atoms with van der Waals surface area (Å²) < 4.78 is 5.31. The van der Waals surface area contributed by atoms with E-state index in [-0.39, 0.29) is 18.4 Å². The lowest BCUT2D eigenvalue weighted by atomic mass is 10.1. The molecule has 0 saturated carbocycles. The van der Waals surface area contributed by atoms with Gasteiger partial charge in [-0.1, -0.05) is 12.1 Å². The summed E-state index contributed by atoms with van der Waals surface area (Å²) in [5.41, 5.74) is 2.92. The molecule has 0 aromatic carbocycles. The third-order valence-electron chi connectivity index (χ3n) is 4.16. The summed E-state index contributed by atoms with van der Waals surface area (Å²) in [6, 6.07) is 3.78. The monoisotopic (exact) mass is 386 g/mol. The summed E-state index contributed by atoms with van der Waals surface area (Å²) in [5, 5.41) is 9.91. The van der Waals surface area contributed by atoms with Crippen LogP contribution < -0.4 is 10.6 Å². The Morgan fingerprint density at radius 1 is 1.19 bits per heavy atom. The fourth-order valence-electron chi connectivity index (χ4n) is 2.88. The van der Waals surface area contributed by atoms with Crippen LogP contribution in [0.5, 0.6) is 0 Å². The second kappa shape index (κ2) is 7.87. The van der Waals surface area contributed by atoms with E-state index in [1.165, 1.54) is 0 Å². The van der Waals surface area contributed by atoms with Crippen molar-refractivity contribution in [1.82, 2.24) is 20.8 Å². The fourth-order valence-corrected chi connectivity index (χ4v) is 3.81. The van der Waals surface area contributed by atoms with Gasteiger partial charge in [0.05, 0.1) is 28.9 Å². The van der Waals surface area contributed by atoms with Crippen LogP contribution in [0.3, 0.4) is 0 Å². The number of carbonyl (C=O) groups excluding carboxylic acids is 2. The molecule has 0 radical (unpaired) electrons. The third-order valence-corrected chi connectivity index (χ3v) is 5.13. The van der Waals surface area contributed by atoms with Crippen molar-refractivity contribution in [2.45, 2.75) is 34.1 Å². The third kappa shape index (κ3) is 4.00. The summed E-state index contributed by atoms with van der Waals surface area (Å²) in [6.45, 7) is 8.27. The Morgan fingerprint density at radius 3 is 2.63 bits per heavy atom. The number of aryl methyl sites for hydroxylation is 3. The lowest BCUT2D eigenvalue weighted by Gasteiger charge is -2.08. The molecule has 8 heteroatoms. The summed E-state index contributed by atoms with van der Waals surface area (Å²) in [7, 11) is 0. The second-order valence-electron chi connectivity index (χ2n) is 6.36. The SMILES string of the molecule is CCCNC(=O)CNC(=O)c1cc(-c2cc(C)sc2C)nc2onc(C)c12. The minimum Gasteiger partial charge on any atom is -0.355 e. The van der Waals surface area contributed by atoms with E-state index in [1.807, 2.05) is 26.8 Å². The van der Waals surface area contributed by atoms with Gasteiger partial charge in [0.1, 0.15) is 0 Å². The van der Waals surface area contributed by atoms with Gasteiger partial charge in [-0.3, -0.25) is 9.59 Å². The zero-order chi connectivity index (χ0) is 19.6. The van der Waals surface area contributed by atoms with Gasteiger partial charge < -0.3 is 15.2 Å². The highest BCUT2D eigenvalue weighted by molar-refractivity contribution is 7.12. The number of rotatable bonds is 6. The van der Waals surface area contributed by atoms with E-state index in [4.69, 9.17) is 4.52 Å². The van der Waals surface area contributed by atoms with Crippen molar-refractivity contribution in [2.75, 3.05) is 13.1 Å². The van der Waals surface area contributed by atoms with E-state index < -0.39 is 0 Å². The van der Waals surface area contributed by atoms with Gasteiger partial charge in [0.15, 0.2) is 0 Å². The van der Waals surface area contributed by atoms with E-state index >= 15 is 0 Å². The molecule has 7 nitrogen and oxygen atoms in total. The van der Waals surface area contributed by atoms with Crippen LogP contribution in [0.25, 0.3) is 22.4 Å². The van der Waals surface area contributed by atoms with Gasteiger partial charge >= 0.3 is 0 Å². The standard InChI is InChI=1S/C19H22N4O3S/c1-5-6-20-16(24)9-21-18(25)14-8-15(13-7-10(2)27-12(13)4)22-19-17(14)11(3)23-26-19/h7-8H,5-6,9H2,1-4H3,(H,20,24)(H,21,25). The molecule has 0 aliphatic heterocycles. The molecule has 3 heterocycles. The first kappa shape index (κ1) is 19.0. The number of nitrogens with one attached hydrogen (secondary N) is 2. The molecule has 27 heavy (non-hydrogen) atoms. The van der Waals surface area contributed by atoms with Crippen molar-refractivity contribution in [3.8, 4) is 11.3 Å². The minimum atomic E-state index is -0.355. The molecule has 0 atom stereocenters. The first-order valence-electron chi connectivity index (χ1n) is 8.80. The Labute approximate surface area is 161 Å². The maximum atomic E-state index is 12.8. The van der Waals surface area contributed by atoms with Crippen molar-refractivity contribution in [1.29, 1.82) is 0 Å². The maximum absolute atomic E-state index is 12.8. The van der Waals surface area contributed by atoms with Crippen molar-refractivity contribution in [2.24, 2.45) is 0 Å². The zero-order valence-corrected chi connectivity index (χ0v) is 16.6. The van der Waals surface area contributed by atoms with Crippen molar-refractivity contribution < 1.29 is 14.1 Å². The molecule has 0 spiro atoms. The molecular formula is C19H22N4O3S. The lowest BCUT2D eigenvalue weighted by Crippen LogP contribution is -2.37. The van der Waals surface area contributed by atoms with Crippen LogP contribution in [0.1, 0.15) is 39.2 Å². The highest BCUT2D eigenvalue weighted by Crippen LogP contribution is 2.32. The number of aromatic nitrogens is 2. The largest absolute Gasteiger partial charge is 0.355 e. The summed E-state index contributed by atoms with van der Waals surface area (Å²) >= 11 is 1.67. The van der Waals surface area contributed by atoms with Gasteiger partial charge in [0.2, 0.25) is 5.91 Å². The Morgan fingerprint density at radius 2 is 1.96 bits per heavy atom. The van der Waals surface area contributed by atoms with Crippen molar-refractivity contribution in [3.63, 3.8) is 0 Å². The number of nitrogens with zero attached hydrogens (tertiary/aromatic N) is 2. The van der Waals surface area contributed by atoms with Gasteiger partial charge in [0, 0.05) is 21.9 Å². The molecule has 0 unspecified atom stereocenters. The van der Waals surface area contributed by atoms with Crippen LogP contribution in [-0.2, 0) is 4.79 Å². The molecule has 2 N–H and O–H groups in total. The number of carbonyl (C=O) groups is 2. The molecule has 3 aromatic heterocycles. The van der Waals surface area contributed by atoms with Crippen LogP contribution in [0, 0.1) is 20.8 Å². The van der Waals surface area contributed by atoms with Gasteiger partial charge in [0.25, 0.3) is 11.6 Å². The number of hydrogen-bond donors (Lipinski definition) is 2. The Hall–Kier alpha value is -2.74. The quantitative estimate of drug-likeness (QED) is 0.678. The van der Waals surface area contributed by atoms with E-state index in [2.05, 4.69) is 20.8 Å². The maximum Gasteiger partial charge on any atom is 0.259 e. The van der Waals surface area contributed by atoms with Crippen LogP contribution in [-0.4, -0.2) is 35.0 Å². The Balaban J connectivity index is 1.95. The molecule has 3 rings (SSSR count). The topological polar surface area (TPSA) is 97.1 Å². The van der Waals surface area contributed by atoms with Gasteiger partial charge in [-0.05, 0) is 39.3 Å². The van der Waals surface area contributed by atoms with Crippen LogP contribution >= 0.6 is 11.3 Å². The molecule has 142 valence electrons. The van der Waals surface area contributed by atoms with Crippen molar-refractivity contribution >= 4 is 34.3 Å². The molecule has 0 aliphatic carbocycles. The molecule has 0 fully saturated rings. The number of pyridine rings is 1. The van der Waals surface area contributed by atoms with E-state index in [1.54, 1.807) is 24.3 Å². The number of amides is 2. The van der Waals surface area contributed by atoms with E-state index in [9.17, 15) is 9.59 Å². The number of thiophene rings is 1. The molecule has 0 bridgehead atoms. The second-order valence-corrected chi connectivity index (χ2v) is 7.82. The summed E-state index contributed by atoms with van der Waals surface area (Å²) in [4.78, 5) is 31.4. The molecule has 3 aromatic rings. The van der Waals surface area contributed by atoms with Gasteiger partial charge in [-0.2, -0.15) is 0 Å². The van der Waals surface area contributed by atoms with Crippen molar-refractivity contribution in [3.05, 3.63) is 33.1 Å². The molecule has 0 saturated heterocycles. The Kier molecular flexibility index (Phi) is 5.55. The highest BCUT2D eigenvalue weighted by Gasteiger charge is 2.20. The van der Waals surface area contributed by atoms with Gasteiger partial charge in [-0.25, -0.2) is 4.98 Å². The first-order valence-corrected chi connectivity index (χ1v) is 9.61. The predicted molar refractivity (Wildman–Crippen MR) is 105 cm³/mol. The molecule has 0 aliphatic rings. The van der Waals surface area contributed by atoms with Crippen LogP contribution in [0.2, 0.25) is 0 Å². The molecular weight excluding hydrogens is 364 g/mol. The fraction of sp³-hybridized carbons (Fsp3) is 0.368. The Bertz CT molecular complexity index is 1010. The van der Waals surface area contributed by atoms with Crippen LogP contribution in [0.15, 0.2) is 16.7 Å². The van der Waals surface area contributed by atoms with Gasteiger partial charge in [-0.15, -0.1) is 11.3 Å². The highest BCUT2D eigenvalue weighted by atomic mass is 32.1. The molecule has 2 amide bonds.